The number of hydrogen-bond acceptors (Lipinski definition) is 4. The summed E-state index contributed by atoms with van der Waals surface area (Å²) in [5, 5.41) is 4.37. The summed E-state index contributed by atoms with van der Waals surface area (Å²) in [5.74, 6) is 1.64. The van der Waals surface area contributed by atoms with Gasteiger partial charge in [0.15, 0.2) is 0 Å². The summed E-state index contributed by atoms with van der Waals surface area (Å²) in [5.41, 5.74) is 6.32. The van der Waals surface area contributed by atoms with Gasteiger partial charge in [0.25, 0.3) is 0 Å². The number of rotatable bonds is 6. The van der Waals surface area contributed by atoms with Gasteiger partial charge in [0.1, 0.15) is 12.2 Å². The largest absolute Gasteiger partial charge is 0.329 e. The molecule has 1 aromatic heterocycles. The number of likely N-dealkylation sites (N-methyl/N-ethyl adjacent to an activating group) is 1. The van der Waals surface area contributed by atoms with Crippen molar-refractivity contribution in [3.05, 3.63) is 12.2 Å². The van der Waals surface area contributed by atoms with Crippen LogP contribution in [0.3, 0.4) is 0 Å². The van der Waals surface area contributed by atoms with E-state index in [2.05, 4.69) is 35.9 Å². The van der Waals surface area contributed by atoms with Gasteiger partial charge in [0.05, 0.1) is 6.54 Å². The average molecular weight is 293 g/mol. The number of hydrogen-bond donors (Lipinski definition) is 1. The Balaban J connectivity index is 2.08. The predicted molar refractivity (Wildman–Crippen MR) is 85.8 cm³/mol. The molecule has 0 aromatic carbocycles. The second kappa shape index (κ2) is 7.36. The fraction of sp³-hybridized carbons (Fsp3) is 0.875. The summed E-state index contributed by atoms with van der Waals surface area (Å²) >= 11 is 0. The van der Waals surface area contributed by atoms with E-state index < -0.39 is 0 Å². The highest BCUT2D eigenvalue weighted by Gasteiger charge is 2.34. The quantitative estimate of drug-likeness (QED) is 0.818. The third kappa shape index (κ3) is 4.04. The van der Waals surface area contributed by atoms with E-state index in [1.807, 2.05) is 4.68 Å². The van der Waals surface area contributed by atoms with Crippen LogP contribution in [0.4, 0.5) is 0 Å². The molecule has 1 heterocycles. The second-order valence-corrected chi connectivity index (χ2v) is 6.95. The molecule has 0 amide bonds. The fourth-order valence-corrected chi connectivity index (χ4v) is 3.42. The topological polar surface area (TPSA) is 60.0 Å². The minimum atomic E-state index is 0.144. The highest BCUT2D eigenvalue weighted by molar-refractivity contribution is 4.95. The van der Waals surface area contributed by atoms with E-state index in [1.54, 1.807) is 6.33 Å². The van der Waals surface area contributed by atoms with E-state index >= 15 is 0 Å². The van der Waals surface area contributed by atoms with Crippen LogP contribution in [0.5, 0.6) is 0 Å². The lowest BCUT2D eigenvalue weighted by Gasteiger charge is -2.40. The molecule has 0 saturated heterocycles. The molecule has 0 bridgehead atoms. The molecule has 5 heteroatoms. The van der Waals surface area contributed by atoms with Crippen molar-refractivity contribution in [2.75, 3.05) is 13.6 Å². The molecule has 1 saturated carbocycles. The summed E-state index contributed by atoms with van der Waals surface area (Å²) in [7, 11) is 2.20. The zero-order valence-corrected chi connectivity index (χ0v) is 13.9. The molecular weight excluding hydrogens is 262 g/mol. The van der Waals surface area contributed by atoms with Crippen molar-refractivity contribution in [1.82, 2.24) is 19.7 Å². The first-order chi connectivity index (χ1) is 10.1. The van der Waals surface area contributed by atoms with Crippen LogP contribution in [-0.2, 0) is 13.1 Å². The molecule has 0 atom stereocenters. The molecule has 2 rings (SSSR count). The zero-order valence-electron chi connectivity index (χ0n) is 13.9. The maximum absolute atomic E-state index is 6.17. The molecule has 21 heavy (non-hydrogen) atoms. The first-order valence-electron chi connectivity index (χ1n) is 8.35. The van der Waals surface area contributed by atoms with Crippen molar-refractivity contribution in [3.63, 3.8) is 0 Å². The Labute approximate surface area is 128 Å². The number of nitrogens with two attached hydrogens (primary N) is 1. The Bertz CT molecular complexity index is 418. The molecule has 0 unspecified atom stereocenters. The van der Waals surface area contributed by atoms with Gasteiger partial charge in [-0.3, -0.25) is 4.90 Å². The molecule has 1 fully saturated rings. The summed E-state index contributed by atoms with van der Waals surface area (Å²) in [6.07, 6.45) is 9.36. The van der Waals surface area contributed by atoms with Crippen molar-refractivity contribution in [3.8, 4) is 0 Å². The molecule has 0 spiro atoms. The van der Waals surface area contributed by atoms with Gasteiger partial charge in [-0.2, -0.15) is 5.10 Å². The highest BCUT2D eigenvalue weighted by atomic mass is 15.4. The van der Waals surface area contributed by atoms with Gasteiger partial charge < -0.3 is 5.73 Å². The second-order valence-electron chi connectivity index (χ2n) is 6.95. The predicted octanol–water partition coefficient (Wildman–Crippen LogP) is 2.42. The molecule has 0 radical (unpaired) electrons. The normalized spacial score (nSPS) is 19.1. The van der Waals surface area contributed by atoms with Crippen LogP contribution in [0.1, 0.15) is 58.2 Å². The number of nitrogens with zero attached hydrogens (tertiary/aromatic N) is 4. The third-order valence-corrected chi connectivity index (χ3v) is 4.84. The first kappa shape index (κ1) is 16.4. The smallest absolute Gasteiger partial charge is 0.141 e. The van der Waals surface area contributed by atoms with E-state index in [9.17, 15) is 0 Å². The van der Waals surface area contributed by atoms with E-state index in [0.29, 0.717) is 5.92 Å². The minimum absolute atomic E-state index is 0.144. The van der Waals surface area contributed by atoms with Crippen molar-refractivity contribution < 1.29 is 0 Å². The zero-order chi connectivity index (χ0) is 15.3. The molecule has 1 aliphatic rings. The highest BCUT2D eigenvalue weighted by Crippen LogP contribution is 2.31. The molecule has 5 nitrogen and oxygen atoms in total. The summed E-state index contributed by atoms with van der Waals surface area (Å²) in [4.78, 5) is 6.89. The summed E-state index contributed by atoms with van der Waals surface area (Å²) in [6, 6.07) is 0. The van der Waals surface area contributed by atoms with Crippen molar-refractivity contribution in [1.29, 1.82) is 0 Å². The minimum Gasteiger partial charge on any atom is -0.329 e. The summed E-state index contributed by atoms with van der Waals surface area (Å²) in [6.45, 7) is 6.92. The van der Waals surface area contributed by atoms with E-state index in [-0.39, 0.29) is 5.54 Å². The number of aromatic nitrogens is 3. The van der Waals surface area contributed by atoms with Gasteiger partial charge in [0, 0.05) is 18.6 Å². The molecule has 2 N–H and O–H groups in total. The van der Waals surface area contributed by atoms with Gasteiger partial charge in [-0.15, -0.1) is 0 Å². The summed E-state index contributed by atoms with van der Waals surface area (Å²) < 4.78 is 2.04. The molecule has 1 aromatic rings. The van der Waals surface area contributed by atoms with Crippen LogP contribution >= 0.6 is 0 Å². The van der Waals surface area contributed by atoms with Crippen molar-refractivity contribution in [2.45, 2.75) is 71.0 Å². The van der Waals surface area contributed by atoms with Crippen LogP contribution in [0.2, 0.25) is 0 Å². The van der Waals surface area contributed by atoms with E-state index in [1.165, 1.54) is 38.5 Å². The van der Waals surface area contributed by atoms with Gasteiger partial charge in [0.2, 0.25) is 0 Å². The Hall–Kier alpha value is -0.940. The lowest BCUT2D eigenvalue weighted by atomic mass is 9.88. The maximum atomic E-state index is 6.17. The maximum Gasteiger partial charge on any atom is 0.141 e. The van der Waals surface area contributed by atoms with E-state index in [0.717, 1.165) is 25.5 Å². The fourth-order valence-electron chi connectivity index (χ4n) is 3.42. The Morgan fingerprint density at radius 3 is 2.52 bits per heavy atom. The Morgan fingerprint density at radius 2 is 1.95 bits per heavy atom. The SMILES string of the molecule is CC(C)Cn1ncnc1CN(C)C1(CN)CCCCCC1. The monoisotopic (exact) mass is 293 g/mol. The van der Waals surface area contributed by atoms with Crippen LogP contribution in [0.15, 0.2) is 6.33 Å². The lowest BCUT2D eigenvalue weighted by molar-refractivity contribution is 0.0949. The average Bonchev–Trinajstić information content (AvgIpc) is 2.74. The van der Waals surface area contributed by atoms with E-state index in [4.69, 9.17) is 5.73 Å². The first-order valence-corrected chi connectivity index (χ1v) is 8.35. The van der Waals surface area contributed by atoms with Gasteiger partial charge >= 0.3 is 0 Å². The molecule has 0 aliphatic heterocycles. The van der Waals surface area contributed by atoms with Gasteiger partial charge in [-0.05, 0) is 25.8 Å². The Morgan fingerprint density at radius 1 is 1.29 bits per heavy atom. The van der Waals surface area contributed by atoms with Gasteiger partial charge in [-0.25, -0.2) is 9.67 Å². The van der Waals surface area contributed by atoms with Crippen LogP contribution in [-0.4, -0.2) is 38.8 Å². The van der Waals surface area contributed by atoms with Crippen molar-refractivity contribution >= 4 is 0 Å². The molecule has 1 aliphatic carbocycles. The van der Waals surface area contributed by atoms with Crippen LogP contribution < -0.4 is 5.73 Å². The molecule has 120 valence electrons. The molecular formula is C16H31N5. The standard InChI is InChI=1S/C16H31N5/c1-14(2)10-21-15(18-13-19-21)11-20(3)16(12-17)8-6-4-5-7-9-16/h13-14H,4-12,17H2,1-3H3. The third-order valence-electron chi connectivity index (χ3n) is 4.84. The van der Waals surface area contributed by atoms with Gasteiger partial charge in [-0.1, -0.05) is 39.5 Å². The Kier molecular flexibility index (Phi) is 5.76. The van der Waals surface area contributed by atoms with Crippen molar-refractivity contribution in [2.24, 2.45) is 11.7 Å². The van der Waals surface area contributed by atoms with Crippen LogP contribution in [0.25, 0.3) is 0 Å². The van der Waals surface area contributed by atoms with Crippen LogP contribution in [0, 0.1) is 5.92 Å². The lowest BCUT2D eigenvalue weighted by Crippen LogP contribution is -2.51.